The number of carboxylic acid groups (broad SMARTS) is 2. The lowest BCUT2D eigenvalue weighted by Gasteiger charge is -2.21. The normalized spacial score (nSPS) is 32.5. The van der Waals surface area contributed by atoms with Crippen molar-refractivity contribution in [3.63, 3.8) is 0 Å². The molecule has 0 aromatic heterocycles. The van der Waals surface area contributed by atoms with E-state index < -0.39 is 35.7 Å². The van der Waals surface area contributed by atoms with Gasteiger partial charge in [-0.1, -0.05) is 11.1 Å². The minimum atomic E-state index is -1.08. The molecule has 7 nitrogen and oxygen atoms in total. The summed E-state index contributed by atoms with van der Waals surface area (Å²) in [6, 6.07) is 0. The molecule has 4 atom stereocenters. The lowest BCUT2D eigenvalue weighted by Crippen LogP contribution is -2.31. The predicted molar refractivity (Wildman–Crippen MR) is 82.1 cm³/mol. The van der Waals surface area contributed by atoms with Crippen LogP contribution in [0.5, 0.6) is 0 Å². The Morgan fingerprint density at radius 3 is 1.52 bits per heavy atom. The van der Waals surface area contributed by atoms with Crippen molar-refractivity contribution in [3.8, 4) is 0 Å². The number of esters is 2. The molecule has 132 valence electrons. The molecule has 4 rings (SSSR count). The molecule has 0 aromatic carbocycles. The van der Waals surface area contributed by atoms with Crippen molar-refractivity contribution in [1.82, 2.24) is 0 Å². The minimum Gasteiger partial charge on any atom is -0.481 e. The second-order valence-corrected chi connectivity index (χ2v) is 7.35. The van der Waals surface area contributed by atoms with E-state index in [0.29, 0.717) is 25.7 Å². The summed E-state index contributed by atoms with van der Waals surface area (Å²) in [5.74, 6) is -6.06. The number of rotatable bonds is 4. The van der Waals surface area contributed by atoms with Crippen LogP contribution in [0, 0.1) is 23.7 Å². The van der Waals surface area contributed by atoms with E-state index in [1.807, 2.05) is 0 Å². The topological polar surface area (TPSA) is 118 Å². The number of carbonyl (C=O) groups excluding carboxylic acids is 2. The SMILES string of the molecule is O=C(OC(=O)C1=C2CCC(C2)C1C(=O)O)C1=C2CCC(C2)C1C(=O)O. The fraction of sp³-hybridized carbons (Fsp3) is 0.556. The number of ether oxygens (including phenoxy) is 1. The number of allylic oxidation sites excluding steroid dienone is 2. The van der Waals surface area contributed by atoms with Crippen LogP contribution in [-0.2, 0) is 23.9 Å². The second kappa shape index (κ2) is 5.54. The van der Waals surface area contributed by atoms with E-state index >= 15 is 0 Å². The first-order valence-corrected chi connectivity index (χ1v) is 8.54. The molecule has 4 aliphatic rings. The second-order valence-electron chi connectivity index (χ2n) is 7.35. The van der Waals surface area contributed by atoms with Gasteiger partial charge in [0.2, 0.25) is 0 Å². The highest BCUT2D eigenvalue weighted by molar-refractivity contribution is 6.07. The fourth-order valence-corrected chi connectivity index (χ4v) is 5.12. The van der Waals surface area contributed by atoms with Crippen LogP contribution in [0.25, 0.3) is 0 Å². The van der Waals surface area contributed by atoms with Gasteiger partial charge in [-0.3, -0.25) is 9.59 Å². The van der Waals surface area contributed by atoms with Crippen molar-refractivity contribution in [2.45, 2.75) is 38.5 Å². The maximum absolute atomic E-state index is 12.5. The quantitative estimate of drug-likeness (QED) is 0.587. The fourth-order valence-electron chi connectivity index (χ4n) is 5.12. The van der Waals surface area contributed by atoms with Gasteiger partial charge in [0, 0.05) is 0 Å². The number of hydrogen-bond acceptors (Lipinski definition) is 5. The van der Waals surface area contributed by atoms with Crippen LogP contribution in [-0.4, -0.2) is 34.1 Å². The molecule has 0 spiro atoms. The number of carboxylic acids is 2. The van der Waals surface area contributed by atoms with E-state index in [2.05, 4.69) is 0 Å². The van der Waals surface area contributed by atoms with Gasteiger partial charge in [-0.05, 0) is 50.4 Å². The zero-order chi connectivity index (χ0) is 17.9. The van der Waals surface area contributed by atoms with Gasteiger partial charge in [0.15, 0.2) is 0 Å². The molecule has 4 unspecified atom stereocenters. The Kier molecular flexibility index (Phi) is 3.56. The first-order valence-electron chi connectivity index (χ1n) is 8.54. The van der Waals surface area contributed by atoms with Crippen molar-refractivity contribution >= 4 is 23.9 Å². The first-order chi connectivity index (χ1) is 11.9. The van der Waals surface area contributed by atoms with Crippen LogP contribution in [0.4, 0.5) is 0 Å². The highest BCUT2D eigenvalue weighted by Gasteiger charge is 2.50. The molecule has 7 heteroatoms. The van der Waals surface area contributed by atoms with Crippen molar-refractivity contribution in [2.24, 2.45) is 23.7 Å². The third-order valence-corrected chi connectivity index (χ3v) is 6.13. The van der Waals surface area contributed by atoms with Gasteiger partial charge >= 0.3 is 23.9 Å². The highest BCUT2D eigenvalue weighted by atomic mass is 16.6. The standard InChI is InChI=1S/C18H18O7/c19-15(20)11-7-1-3-9(5-7)13(11)17(23)25-18(24)14-10-4-2-8(6-10)12(14)16(21)22/h7-8,11-12H,1-6H2,(H,19,20)(H,21,22). The lowest BCUT2D eigenvalue weighted by molar-refractivity contribution is -0.158. The van der Waals surface area contributed by atoms with Crippen LogP contribution in [0.15, 0.2) is 22.3 Å². The van der Waals surface area contributed by atoms with Crippen molar-refractivity contribution in [3.05, 3.63) is 22.3 Å². The highest BCUT2D eigenvalue weighted by Crippen LogP contribution is 2.50. The van der Waals surface area contributed by atoms with Crippen molar-refractivity contribution in [2.75, 3.05) is 0 Å². The smallest absolute Gasteiger partial charge is 0.342 e. The van der Waals surface area contributed by atoms with E-state index in [-0.39, 0.29) is 23.0 Å². The maximum Gasteiger partial charge on any atom is 0.342 e. The van der Waals surface area contributed by atoms with Crippen LogP contribution in [0.3, 0.4) is 0 Å². The summed E-state index contributed by atoms with van der Waals surface area (Å²) in [6.45, 7) is 0. The van der Waals surface area contributed by atoms with Gasteiger partial charge in [-0.2, -0.15) is 0 Å². The van der Waals surface area contributed by atoms with Gasteiger partial charge in [-0.15, -0.1) is 0 Å². The zero-order valence-corrected chi connectivity index (χ0v) is 13.5. The molecule has 25 heavy (non-hydrogen) atoms. The van der Waals surface area contributed by atoms with E-state index in [4.69, 9.17) is 4.74 Å². The summed E-state index contributed by atoms with van der Waals surface area (Å²) in [4.78, 5) is 47.9. The lowest BCUT2D eigenvalue weighted by atomic mass is 9.85. The summed E-state index contributed by atoms with van der Waals surface area (Å²) in [7, 11) is 0. The van der Waals surface area contributed by atoms with Gasteiger partial charge < -0.3 is 14.9 Å². The van der Waals surface area contributed by atoms with Crippen molar-refractivity contribution < 1.29 is 34.1 Å². The van der Waals surface area contributed by atoms with E-state index in [1.165, 1.54) is 0 Å². The van der Waals surface area contributed by atoms with Crippen LogP contribution >= 0.6 is 0 Å². The molecule has 0 heterocycles. The monoisotopic (exact) mass is 346 g/mol. The van der Waals surface area contributed by atoms with Gasteiger partial charge in [0.25, 0.3) is 0 Å². The van der Waals surface area contributed by atoms with Gasteiger partial charge in [0.1, 0.15) is 0 Å². The molecule has 0 aliphatic heterocycles. The predicted octanol–water partition coefficient (Wildman–Crippen LogP) is 1.68. The number of hydrogen-bond donors (Lipinski definition) is 2. The van der Waals surface area contributed by atoms with Gasteiger partial charge in [0.05, 0.1) is 23.0 Å². The Bertz CT molecular complexity index is 708. The molecular weight excluding hydrogens is 328 g/mol. The van der Waals surface area contributed by atoms with E-state index in [1.54, 1.807) is 0 Å². The number of carbonyl (C=O) groups is 4. The molecule has 2 N–H and O–H groups in total. The number of aliphatic carboxylic acids is 2. The summed E-state index contributed by atoms with van der Waals surface area (Å²) >= 11 is 0. The maximum atomic E-state index is 12.5. The van der Waals surface area contributed by atoms with Gasteiger partial charge in [-0.25, -0.2) is 9.59 Å². The Hall–Kier alpha value is -2.44. The molecule has 2 saturated carbocycles. The molecule has 0 radical (unpaired) electrons. The number of fused-ring (bicyclic) bond motifs is 4. The van der Waals surface area contributed by atoms with E-state index in [9.17, 15) is 29.4 Å². The largest absolute Gasteiger partial charge is 0.481 e. The third kappa shape index (κ3) is 2.33. The van der Waals surface area contributed by atoms with Crippen LogP contribution in [0.1, 0.15) is 38.5 Å². The molecule has 0 aromatic rings. The summed E-state index contributed by atoms with van der Waals surface area (Å²) in [5.41, 5.74) is 1.71. The average molecular weight is 346 g/mol. The Morgan fingerprint density at radius 1 is 0.760 bits per heavy atom. The molecule has 0 amide bonds. The summed E-state index contributed by atoms with van der Waals surface area (Å²) < 4.78 is 4.96. The molecule has 4 aliphatic carbocycles. The van der Waals surface area contributed by atoms with Crippen LogP contribution in [0.2, 0.25) is 0 Å². The summed E-state index contributed by atoms with van der Waals surface area (Å²) in [6.07, 6.45) is 3.89. The summed E-state index contributed by atoms with van der Waals surface area (Å²) in [5, 5.41) is 18.8. The van der Waals surface area contributed by atoms with Crippen LogP contribution < -0.4 is 0 Å². The minimum absolute atomic E-state index is 0.0951. The molecule has 4 bridgehead atoms. The van der Waals surface area contributed by atoms with E-state index in [0.717, 1.165) is 24.0 Å². The Morgan fingerprint density at radius 2 is 1.16 bits per heavy atom. The molecular formula is C18H18O7. The Labute approximate surface area is 143 Å². The zero-order valence-electron chi connectivity index (χ0n) is 13.5. The third-order valence-electron chi connectivity index (χ3n) is 6.13. The molecule has 0 saturated heterocycles. The van der Waals surface area contributed by atoms with Crippen molar-refractivity contribution in [1.29, 1.82) is 0 Å². The first kappa shape index (κ1) is 16.1. The average Bonchev–Trinajstić information content (AvgIpc) is 3.31. The molecule has 2 fully saturated rings. The Balaban J connectivity index is 1.57.